The number of carbonyl (C=O) groups excluding carboxylic acids is 1. The lowest BCUT2D eigenvalue weighted by molar-refractivity contribution is -0.123. The summed E-state index contributed by atoms with van der Waals surface area (Å²) < 4.78 is 30.9. The zero-order valence-electron chi connectivity index (χ0n) is 11.8. The average molecular weight is 315 g/mol. The third kappa shape index (κ3) is 4.61. The van der Waals surface area contributed by atoms with Crippen molar-refractivity contribution in [1.29, 1.82) is 5.26 Å². The standard InChI is InChI=1S/C16H11F2N3O2/c17-13-6-5-11(7-14(13)18)9-20-21-16(22)10-23-15-4-2-1-3-12(15)8-19/h1-7,9H,10H2,(H,21,22)/b20-9-. The molecule has 116 valence electrons. The summed E-state index contributed by atoms with van der Waals surface area (Å²) in [6.45, 7) is -0.339. The molecule has 0 spiro atoms. The summed E-state index contributed by atoms with van der Waals surface area (Å²) >= 11 is 0. The van der Waals surface area contributed by atoms with Crippen molar-refractivity contribution in [1.82, 2.24) is 5.43 Å². The van der Waals surface area contributed by atoms with Gasteiger partial charge in [-0.05, 0) is 29.8 Å². The van der Waals surface area contributed by atoms with Crippen molar-refractivity contribution in [3.63, 3.8) is 0 Å². The number of amides is 1. The van der Waals surface area contributed by atoms with E-state index in [0.29, 0.717) is 11.1 Å². The van der Waals surface area contributed by atoms with E-state index in [1.807, 2.05) is 6.07 Å². The van der Waals surface area contributed by atoms with Crippen LogP contribution in [-0.4, -0.2) is 18.7 Å². The molecule has 23 heavy (non-hydrogen) atoms. The summed E-state index contributed by atoms with van der Waals surface area (Å²) in [5.74, 6) is -2.24. The molecule has 2 aromatic rings. The van der Waals surface area contributed by atoms with Gasteiger partial charge >= 0.3 is 0 Å². The molecule has 1 amide bonds. The van der Waals surface area contributed by atoms with E-state index in [4.69, 9.17) is 10.00 Å². The monoisotopic (exact) mass is 315 g/mol. The molecule has 0 saturated heterocycles. The van der Waals surface area contributed by atoms with Crippen LogP contribution < -0.4 is 10.2 Å². The maximum Gasteiger partial charge on any atom is 0.277 e. The third-order valence-electron chi connectivity index (χ3n) is 2.71. The first-order chi connectivity index (χ1) is 11.1. The van der Waals surface area contributed by atoms with Gasteiger partial charge in [-0.2, -0.15) is 10.4 Å². The molecule has 0 atom stereocenters. The van der Waals surface area contributed by atoms with Gasteiger partial charge in [-0.3, -0.25) is 4.79 Å². The van der Waals surface area contributed by atoms with Gasteiger partial charge in [0.2, 0.25) is 0 Å². The zero-order valence-corrected chi connectivity index (χ0v) is 11.8. The van der Waals surface area contributed by atoms with Gasteiger partial charge in [-0.1, -0.05) is 18.2 Å². The van der Waals surface area contributed by atoms with Crippen LogP contribution in [0.5, 0.6) is 5.75 Å². The fraction of sp³-hybridized carbons (Fsp3) is 0.0625. The predicted octanol–water partition coefficient (Wildman–Crippen LogP) is 2.37. The first-order valence-corrected chi connectivity index (χ1v) is 6.49. The Bertz CT molecular complexity index is 785. The average Bonchev–Trinajstić information content (AvgIpc) is 2.56. The third-order valence-corrected chi connectivity index (χ3v) is 2.71. The molecule has 0 aromatic heterocycles. The quantitative estimate of drug-likeness (QED) is 0.680. The number of nitriles is 1. The van der Waals surface area contributed by atoms with Crippen molar-refractivity contribution >= 4 is 12.1 Å². The molecule has 0 aliphatic heterocycles. The van der Waals surface area contributed by atoms with Gasteiger partial charge in [-0.25, -0.2) is 14.2 Å². The first-order valence-electron chi connectivity index (χ1n) is 6.49. The van der Waals surface area contributed by atoms with Crippen LogP contribution >= 0.6 is 0 Å². The number of ether oxygens (including phenoxy) is 1. The van der Waals surface area contributed by atoms with Gasteiger partial charge < -0.3 is 4.74 Å². The Hall–Kier alpha value is -3.27. The predicted molar refractivity (Wildman–Crippen MR) is 78.7 cm³/mol. The molecule has 0 aliphatic rings. The number of hydrogen-bond donors (Lipinski definition) is 1. The molecule has 0 radical (unpaired) electrons. The maximum absolute atomic E-state index is 13.0. The van der Waals surface area contributed by atoms with E-state index in [-0.39, 0.29) is 12.4 Å². The number of carbonyl (C=O) groups is 1. The van der Waals surface area contributed by atoms with Crippen molar-refractivity contribution in [3.8, 4) is 11.8 Å². The van der Waals surface area contributed by atoms with Gasteiger partial charge in [0, 0.05) is 0 Å². The van der Waals surface area contributed by atoms with Gasteiger partial charge in [-0.15, -0.1) is 0 Å². The maximum atomic E-state index is 13.0. The van der Waals surface area contributed by atoms with Crippen LogP contribution in [0.25, 0.3) is 0 Å². The minimum absolute atomic E-state index is 0.287. The lowest BCUT2D eigenvalue weighted by Crippen LogP contribution is -2.24. The van der Waals surface area contributed by atoms with E-state index in [1.54, 1.807) is 24.3 Å². The fourth-order valence-electron chi connectivity index (χ4n) is 1.63. The summed E-state index contributed by atoms with van der Waals surface area (Å²) in [6.07, 6.45) is 1.17. The second-order valence-corrected chi connectivity index (χ2v) is 4.36. The van der Waals surface area contributed by atoms with Crippen LogP contribution in [0.15, 0.2) is 47.6 Å². The van der Waals surface area contributed by atoms with Gasteiger partial charge in [0.1, 0.15) is 11.8 Å². The Balaban J connectivity index is 1.86. The first kappa shape index (κ1) is 16.1. The summed E-state index contributed by atoms with van der Waals surface area (Å²) in [5, 5.41) is 12.5. The summed E-state index contributed by atoms with van der Waals surface area (Å²) in [4.78, 5) is 11.6. The molecule has 5 nitrogen and oxygen atoms in total. The van der Waals surface area contributed by atoms with Gasteiger partial charge in [0.25, 0.3) is 5.91 Å². The van der Waals surface area contributed by atoms with Crippen molar-refractivity contribution in [2.75, 3.05) is 6.61 Å². The van der Waals surface area contributed by atoms with Crippen LogP contribution in [0.2, 0.25) is 0 Å². The highest BCUT2D eigenvalue weighted by atomic mass is 19.2. The lowest BCUT2D eigenvalue weighted by atomic mass is 10.2. The molecule has 2 rings (SSSR count). The molecule has 0 aliphatic carbocycles. The minimum Gasteiger partial charge on any atom is -0.482 e. The number of para-hydroxylation sites is 1. The highest BCUT2D eigenvalue weighted by Gasteiger charge is 2.05. The molecule has 0 unspecified atom stereocenters. The summed E-state index contributed by atoms with van der Waals surface area (Å²) in [5.41, 5.74) is 2.78. The van der Waals surface area contributed by atoms with Gasteiger partial charge in [0.15, 0.2) is 18.2 Å². The van der Waals surface area contributed by atoms with E-state index in [1.165, 1.54) is 12.3 Å². The number of hydrogen-bond acceptors (Lipinski definition) is 4. The Morgan fingerprint density at radius 3 is 2.78 bits per heavy atom. The van der Waals surface area contributed by atoms with E-state index < -0.39 is 17.5 Å². The van der Waals surface area contributed by atoms with Crippen LogP contribution in [0, 0.1) is 23.0 Å². The van der Waals surface area contributed by atoms with Crippen molar-refractivity contribution < 1.29 is 18.3 Å². The zero-order chi connectivity index (χ0) is 16.7. The van der Waals surface area contributed by atoms with E-state index >= 15 is 0 Å². The van der Waals surface area contributed by atoms with E-state index in [2.05, 4.69) is 10.5 Å². The van der Waals surface area contributed by atoms with Crippen LogP contribution in [-0.2, 0) is 4.79 Å². The number of hydrazone groups is 1. The normalized spacial score (nSPS) is 10.3. The molecule has 0 heterocycles. The highest BCUT2D eigenvalue weighted by Crippen LogP contribution is 2.16. The molecule has 0 fully saturated rings. The second kappa shape index (κ2) is 7.66. The summed E-state index contributed by atoms with van der Waals surface area (Å²) in [7, 11) is 0. The van der Waals surface area contributed by atoms with Crippen LogP contribution in [0.4, 0.5) is 8.78 Å². The Morgan fingerprint density at radius 2 is 2.04 bits per heavy atom. The number of rotatable bonds is 5. The van der Waals surface area contributed by atoms with E-state index in [9.17, 15) is 13.6 Å². The number of nitrogens with zero attached hydrogens (tertiary/aromatic N) is 2. The van der Waals surface area contributed by atoms with Crippen LogP contribution in [0.3, 0.4) is 0 Å². The smallest absolute Gasteiger partial charge is 0.277 e. The molecule has 1 N–H and O–H groups in total. The van der Waals surface area contributed by atoms with Crippen LogP contribution in [0.1, 0.15) is 11.1 Å². The SMILES string of the molecule is N#Cc1ccccc1OCC(=O)N/N=C\c1ccc(F)c(F)c1. The molecule has 7 heteroatoms. The molecule has 0 bridgehead atoms. The highest BCUT2D eigenvalue weighted by molar-refractivity contribution is 5.82. The Morgan fingerprint density at radius 1 is 1.26 bits per heavy atom. The minimum atomic E-state index is -1.00. The molecule has 0 saturated carbocycles. The number of benzene rings is 2. The van der Waals surface area contributed by atoms with Gasteiger partial charge in [0.05, 0.1) is 11.8 Å². The second-order valence-electron chi connectivity index (χ2n) is 4.36. The molecule has 2 aromatic carbocycles. The Kier molecular flexibility index (Phi) is 5.36. The summed E-state index contributed by atoms with van der Waals surface area (Å²) in [6, 6.07) is 11.6. The topological polar surface area (TPSA) is 74.5 Å². The lowest BCUT2D eigenvalue weighted by Gasteiger charge is -2.06. The fourth-order valence-corrected chi connectivity index (χ4v) is 1.63. The molecular formula is C16H11F2N3O2. The van der Waals surface area contributed by atoms with Crippen molar-refractivity contribution in [3.05, 3.63) is 65.2 Å². The van der Waals surface area contributed by atoms with Crippen molar-refractivity contribution in [2.24, 2.45) is 5.10 Å². The van der Waals surface area contributed by atoms with Crippen molar-refractivity contribution in [2.45, 2.75) is 0 Å². The largest absolute Gasteiger partial charge is 0.482 e. The van der Waals surface area contributed by atoms with E-state index in [0.717, 1.165) is 12.1 Å². The number of halogens is 2. The Labute approximate surface area is 130 Å². The number of nitrogens with one attached hydrogen (secondary N) is 1. The molecular weight excluding hydrogens is 304 g/mol.